The Hall–Kier alpha value is 0. The zero-order chi connectivity index (χ0) is 72.7. The van der Waals surface area contributed by atoms with Crippen LogP contribution in [0.1, 0.15) is 470 Å². The Kier molecular flexibility index (Phi) is 75.1. The van der Waals surface area contributed by atoms with E-state index >= 15 is 0 Å². The summed E-state index contributed by atoms with van der Waals surface area (Å²) in [6, 6.07) is 0. The zero-order valence-electron chi connectivity index (χ0n) is 72.7. The Morgan fingerprint density at radius 3 is 0.700 bits per heavy atom. The lowest BCUT2D eigenvalue weighted by atomic mass is 9.94. The molecule has 0 radical (unpaired) electrons. The molecule has 0 aliphatic heterocycles. The summed E-state index contributed by atoms with van der Waals surface area (Å²) >= 11 is 0. The van der Waals surface area contributed by atoms with Crippen LogP contribution in [-0.4, -0.2) is 0 Å². The average Bonchev–Trinajstić information content (AvgIpc) is 2.01. The van der Waals surface area contributed by atoms with E-state index in [-0.39, 0.29) is 0 Å². The molecular formula is C90H196. The quantitative estimate of drug-likeness (QED) is 0.120. The van der Waals surface area contributed by atoms with Crippen molar-refractivity contribution in [2.75, 3.05) is 0 Å². The second-order valence-electron chi connectivity index (χ2n) is 36.4. The van der Waals surface area contributed by atoms with E-state index in [2.05, 4.69) is 284 Å². The molecule has 0 saturated heterocycles. The minimum atomic E-state index is 0.542. The molecule has 1 unspecified atom stereocenters. The van der Waals surface area contributed by atoms with Gasteiger partial charge in [-0.1, -0.05) is 419 Å². The summed E-state index contributed by atoms with van der Waals surface area (Å²) in [5, 5.41) is 0. The number of rotatable bonds is 18. The molecule has 0 amide bonds. The second-order valence-corrected chi connectivity index (χ2v) is 36.4. The van der Waals surface area contributed by atoms with Crippen molar-refractivity contribution in [2.45, 2.75) is 470 Å². The standard InChI is InChI=1S/7C6H12.8C6H14/c1-5-4-6(5,2)3;1-5(2)6-3-4-6;1-4-5(2)6(4)3;2*1-3-6(2)4-5-6;1-3-6-4-5(6)2;1-2-3-6-4-5-6;2*1-5-6(2,3)4;1-5(2)6(3)4;2*1-4-5-6(2)3;2*1-4-6(3)5-2;1-3-5-6-4-2/h5H,4H2,1-3H3;5-6H,3-4H2,1-2H3;4-6H,1-3H3;2*3-5H2,1-2H3;5-6H,3-4H2,1-2H3;6H,2-5H2,1H3;2*5H2,1-4H3;5-6H,1-4H3;4*6H,4-5H2,1-3H3;3-6H2,1-2H3/t5-;;;;;5-,6?;;;;;;;;;/m0....0........./s1. The molecule has 0 aromatic rings. The third-order valence-corrected chi connectivity index (χ3v) is 22.0. The topological polar surface area (TPSA) is 0 Å². The van der Waals surface area contributed by atoms with Crippen LogP contribution in [-0.2, 0) is 0 Å². The van der Waals surface area contributed by atoms with Crippen LogP contribution in [0.5, 0.6) is 0 Å². The lowest BCUT2D eigenvalue weighted by Crippen LogP contribution is -2.00. The minimum Gasteiger partial charge on any atom is -0.0654 e. The molecule has 7 fully saturated rings. The van der Waals surface area contributed by atoms with E-state index in [1.807, 2.05) is 0 Å². The summed E-state index contributed by atoms with van der Waals surface area (Å²) in [7, 11) is 0. The molecule has 0 heteroatoms. The molecule has 7 aliphatic carbocycles. The molecular weight excluding hydrogens is 1080 g/mol. The van der Waals surface area contributed by atoms with Gasteiger partial charge in [0.25, 0.3) is 0 Å². The summed E-state index contributed by atoms with van der Waals surface area (Å²) < 4.78 is 0. The monoisotopic (exact) mass is 1280 g/mol. The van der Waals surface area contributed by atoms with E-state index < -0.39 is 0 Å². The Morgan fingerprint density at radius 2 is 0.678 bits per heavy atom. The minimum absolute atomic E-state index is 0.542. The lowest BCUT2D eigenvalue weighted by molar-refractivity contribution is 0.397. The van der Waals surface area contributed by atoms with Crippen molar-refractivity contribution in [3.05, 3.63) is 0 Å². The van der Waals surface area contributed by atoms with Crippen LogP contribution in [0.25, 0.3) is 0 Å². The van der Waals surface area contributed by atoms with Gasteiger partial charge in [-0.25, -0.2) is 0 Å². The van der Waals surface area contributed by atoms with Gasteiger partial charge < -0.3 is 0 Å². The van der Waals surface area contributed by atoms with E-state index in [1.54, 1.807) is 0 Å². The Labute approximate surface area is 582 Å². The molecule has 0 N–H and O–H groups in total. The predicted molar refractivity (Wildman–Crippen MR) is 431 cm³/mol. The van der Waals surface area contributed by atoms with Crippen molar-refractivity contribution in [2.24, 2.45) is 116 Å². The summed E-state index contributed by atoms with van der Waals surface area (Å²) in [6.07, 6.45) is 40.7. The van der Waals surface area contributed by atoms with Gasteiger partial charge in [0.05, 0.1) is 0 Å². The molecule has 0 aromatic heterocycles. The average molecular weight is 1280 g/mol. The van der Waals surface area contributed by atoms with Crippen molar-refractivity contribution in [3.63, 3.8) is 0 Å². The molecule has 0 aromatic carbocycles. The SMILES string of the molecule is CC(C)C(C)C.CC(C)C1CC1.CC1C(C)C1C.CCC(C)(C)C.CCC(C)(C)C.CCC(C)CC.CCC(C)CC.CCC1(C)CC1.CCC1(C)CC1.CCC1C[C@@H]1C.CCCC(C)C.CCCC(C)C.CCCC1CC1.CCCCCC.C[C@H]1CC1(C)C. The van der Waals surface area contributed by atoms with E-state index in [0.29, 0.717) is 16.2 Å². The van der Waals surface area contributed by atoms with Gasteiger partial charge in [0.1, 0.15) is 0 Å². The molecule has 0 bridgehead atoms. The molecule has 7 aliphatic rings. The highest BCUT2D eigenvalue weighted by Crippen LogP contribution is 2.51. The summed E-state index contributed by atoms with van der Waals surface area (Å²) in [6.45, 7) is 92.8. The third kappa shape index (κ3) is 96.7. The molecule has 0 nitrogen and oxygen atoms in total. The predicted octanol–water partition coefficient (Wildman–Crippen LogP) is 34.2. The zero-order valence-corrected chi connectivity index (χ0v) is 72.7. The maximum absolute atomic E-state index is 2.35. The smallest absolute Gasteiger partial charge is 0.0326 e. The van der Waals surface area contributed by atoms with Gasteiger partial charge in [0, 0.05) is 0 Å². The van der Waals surface area contributed by atoms with E-state index in [9.17, 15) is 0 Å². The van der Waals surface area contributed by atoms with Crippen molar-refractivity contribution >= 4 is 0 Å². The first kappa shape index (κ1) is 106. The fourth-order valence-electron chi connectivity index (χ4n) is 7.55. The van der Waals surface area contributed by atoms with Gasteiger partial charge in [-0.2, -0.15) is 0 Å². The number of hydrogen-bond donors (Lipinski definition) is 0. The third-order valence-electron chi connectivity index (χ3n) is 22.0. The van der Waals surface area contributed by atoms with Gasteiger partial charge in [0.15, 0.2) is 0 Å². The van der Waals surface area contributed by atoms with E-state index in [4.69, 9.17) is 0 Å². The number of unbranched alkanes of at least 4 members (excludes halogenated alkanes) is 3. The van der Waals surface area contributed by atoms with Gasteiger partial charge in [-0.3, -0.25) is 0 Å². The molecule has 7 saturated carbocycles. The molecule has 556 valence electrons. The van der Waals surface area contributed by atoms with Gasteiger partial charge >= 0.3 is 0 Å². The first-order chi connectivity index (χ1) is 41.3. The maximum atomic E-state index is 2.35. The van der Waals surface area contributed by atoms with Crippen molar-refractivity contribution in [3.8, 4) is 0 Å². The van der Waals surface area contributed by atoms with Crippen molar-refractivity contribution < 1.29 is 0 Å². The highest BCUT2D eigenvalue weighted by molar-refractivity contribution is 4.91. The van der Waals surface area contributed by atoms with Crippen molar-refractivity contribution in [1.82, 2.24) is 0 Å². The molecule has 0 spiro atoms. The fraction of sp³-hybridized carbons (Fsp3) is 1.00. The summed E-state index contributed by atoms with van der Waals surface area (Å²) in [5.41, 5.74) is 3.38. The Balaban J connectivity index is -0.000000133. The molecule has 90 heavy (non-hydrogen) atoms. The largest absolute Gasteiger partial charge is 0.0654 e. The molecule has 7 rings (SSSR count). The number of hydrogen-bond acceptors (Lipinski definition) is 0. The normalized spacial score (nSPS) is 21.3. The molecule has 0 heterocycles. The highest BCUT2D eigenvalue weighted by Gasteiger charge is 2.41. The van der Waals surface area contributed by atoms with Crippen LogP contribution < -0.4 is 0 Å². The van der Waals surface area contributed by atoms with E-state index in [0.717, 1.165) is 99.6 Å². The summed E-state index contributed by atoms with van der Waals surface area (Å²) in [5.74, 6) is 14.8. The van der Waals surface area contributed by atoms with Crippen molar-refractivity contribution in [1.29, 1.82) is 0 Å². The van der Waals surface area contributed by atoms with Gasteiger partial charge in [-0.15, -0.1) is 0 Å². The van der Waals surface area contributed by atoms with Crippen LogP contribution >= 0.6 is 0 Å². The fourth-order valence-corrected chi connectivity index (χ4v) is 7.55. The highest BCUT2D eigenvalue weighted by atomic mass is 14.5. The second kappa shape index (κ2) is 63.7. The van der Waals surface area contributed by atoms with Gasteiger partial charge in [-0.05, 0) is 167 Å². The lowest BCUT2D eigenvalue weighted by Gasteiger charge is -2.12. The van der Waals surface area contributed by atoms with E-state index in [1.165, 1.54) is 186 Å². The first-order valence-corrected chi connectivity index (χ1v) is 41.3. The Bertz CT molecular complexity index is 1190. The van der Waals surface area contributed by atoms with Crippen LogP contribution in [0.2, 0.25) is 0 Å². The van der Waals surface area contributed by atoms with Crippen LogP contribution in [0, 0.1) is 116 Å². The van der Waals surface area contributed by atoms with Gasteiger partial charge in [0.2, 0.25) is 0 Å². The van der Waals surface area contributed by atoms with Crippen LogP contribution in [0.4, 0.5) is 0 Å². The van der Waals surface area contributed by atoms with Crippen LogP contribution in [0.15, 0.2) is 0 Å². The molecule has 3 atom stereocenters. The van der Waals surface area contributed by atoms with Crippen LogP contribution in [0.3, 0.4) is 0 Å². The Morgan fingerprint density at radius 1 is 0.411 bits per heavy atom. The first-order valence-electron chi connectivity index (χ1n) is 41.3. The maximum Gasteiger partial charge on any atom is -0.0326 e. The summed E-state index contributed by atoms with van der Waals surface area (Å²) in [4.78, 5) is 0.